The van der Waals surface area contributed by atoms with Gasteiger partial charge < -0.3 is 14.0 Å². The van der Waals surface area contributed by atoms with Gasteiger partial charge in [0.25, 0.3) is 0 Å². The van der Waals surface area contributed by atoms with Crippen molar-refractivity contribution in [3.05, 3.63) is 57.9 Å². The fraction of sp³-hybridized carbons (Fsp3) is 0.238. The minimum absolute atomic E-state index is 0.0812. The van der Waals surface area contributed by atoms with Crippen molar-refractivity contribution in [3.63, 3.8) is 0 Å². The van der Waals surface area contributed by atoms with Crippen LogP contribution in [0.1, 0.15) is 25.2 Å². The number of ether oxygens (including phenoxy) is 2. The minimum atomic E-state index is -0.522. The fourth-order valence-electron chi connectivity index (χ4n) is 3.08. The van der Waals surface area contributed by atoms with Gasteiger partial charge in [0.2, 0.25) is 5.75 Å². The molecule has 8 heteroatoms. The standard InChI is InChI=1S/C21H20N4O4/c1-4-28-19-12-14(11-18(25(26)27)20(19)29-5-2)10-15(13-22)21-23-16-8-6-7-9-17(16)24(21)3/h6-12H,4-5H2,1-3H3/b15-10-. The number of rotatable bonds is 7. The molecule has 0 spiro atoms. The van der Waals surface area contributed by atoms with Crippen LogP contribution in [0.25, 0.3) is 22.7 Å². The number of nitrogens with zero attached hydrogens (tertiary/aromatic N) is 4. The first kappa shape index (κ1) is 19.9. The molecule has 0 fully saturated rings. The molecule has 0 saturated carbocycles. The first-order valence-corrected chi connectivity index (χ1v) is 9.11. The number of hydrogen-bond acceptors (Lipinski definition) is 6. The van der Waals surface area contributed by atoms with Gasteiger partial charge in [0.15, 0.2) is 11.6 Å². The number of allylic oxidation sites excluding steroid dienone is 1. The summed E-state index contributed by atoms with van der Waals surface area (Å²) in [4.78, 5) is 15.6. The molecule has 0 saturated heterocycles. The van der Waals surface area contributed by atoms with Gasteiger partial charge in [0, 0.05) is 13.1 Å². The summed E-state index contributed by atoms with van der Waals surface area (Å²) in [6, 6.07) is 12.7. The van der Waals surface area contributed by atoms with Gasteiger partial charge in [0.05, 0.1) is 34.7 Å². The Hall–Kier alpha value is -3.86. The quantitative estimate of drug-likeness (QED) is 0.336. The number of benzene rings is 2. The third-order valence-electron chi connectivity index (χ3n) is 4.30. The fourth-order valence-corrected chi connectivity index (χ4v) is 3.08. The molecule has 0 aliphatic heterocycles. The van der Waals surface area contributed by atoms with E-state index in [4.69, 9.17) is 9.47 Å². The van der Waals surface area contributed by atoms with Crippen LogP contribution in [0.3, 0.4) is 0 Å². The third kappa shape index (κ3) is 3.89. The molecule has 0 bridgehead atoms. The predicted octanol–water partition coefficient (Wildman–Crippen LogP) is 4.34. The molecule has 0 amide bonds. The lowest BCUT2D eigenvalue weighted by atomic mass is 10.1. The summed E-state index contributed by atoms with van der Waals surface area (Å²) in [5.41, 5.74) is 2.17. The third-order valence-corrected chi connectivity index (χ3v) is 4.30. The Labute approximate surface area is 167 Å². The van der Waals surface area contributed by atoms with Crippen LogP contribution in [0.4, 0.5) is 5.69 Å². The maximum absolute atomic E-state index is 11.6. The Kier molecular flexibility index (Phi) is 5.79. The maximum Gasteiger partial charge on any atom is 0.315 e. The van der Waals surface area contributed by atoms with Crippen LogP contribution in [-0.4, -0.2) is 27.7 Å². The number of nitro benzene ring substituents is 1. The van der Waals surface area contributed by atoms with Gasteiger partial charge >= 0.3 is 5.69 Å². The van der Waals surface area contributed by atoms with E-state index in [9.17, 15) is 15.4 Å². The molecule has 0 N–H and O–H groups in total. The maximum atomic E-state index is 11.6. The topological polar surface area (TPSA) is 103 Å². The van der Waals surface area contributed by atoms with E-state index < -0.39 is 4.92 Å². The molecular weight excluding hydrogens is 372 g/mol. The van der Waals surface area contributed by atoms with Crippen LogP contribution in [-0.2, 0) is 7.05 Å². The van der Waals surface area contributed by atoms with E-state index in [1.807, 2.05) is 35.9 Å². The Morgan fingerprint density at radius 3 is 2.62 bits per heavy atom. The molecule has 0 radical (unpaired) electrons. The van der Waals surface area contributed by atoms with Gasteiger partial charge in [-0.25, -0.2) is 4.98 Å². The molecule has 148 valence electrons. The molecule has 0 aliphatic rings. The number of para-hydroxylation sites is 2. The van der Waals surface area contributed by atoms with Crippen LogP contribution >= 0.6 is 0 Å². The molecule has 0 atom stereocenters. The van der Waals surface area contributed by atoms with Gasteiger partial charge in [0.1, 0.15) is 6.07 Å². The zero-order valence-electron chi connectivity index (χ0n) is 16.4. The zero-order chi connectivity index (χ0) is 21.0. The van der Waals surface area contributed by atoms with Crippen molar-refractivity contribution in [2.45, 2.75) is 13.8 Å². The summed E-state index contributed by atoms with van der Waals surface area (Å²) in [7, 11) is 1.82. The predicted molar refractivity (Wildman–Crippen MR) is 110 cm³/mol. The Bertz CT molecular complexity index is 1140. The van der Waals surface area contributed by atoms with Gasteiger partial charge in [-0.15, -0.1) is 0 Å². The molecule has 3 aromatic rings. The molecule has 8 nitrogen and oxygen atoms in total. The van der Waals surface area contributed by atoms with Crippen molar-refractivity contribution < 1.29 is 14.4 Å². The van der Waals surface area contributed by atoms with Crippen LogP contribution in [0, 0.1) is 21.4 Å². The number of aromatic nitrogens is 2. The summed E-state index contributed by atoms with van der Waals surface area (Å²) in [6.45, 7) is 4.11. The normalized spacial score (nSPS) is 11.3. The van der Waals surface area contributed by atoms with Crippen molar-refractivity contribution in [2.24, 2.45) is 7.05 Å². The molecule has 0 unspecified atom stereocenters. The van der Waals surface area contributed by atoms with Gasteiger partial charge in [-0.05, 0) is 43.7 Å². The van der Waals surface area contributed by atoms with Crippen molar-refractivity contribution in [1.29, 1.82) is 5.26 Å². The lowest BCUT2D eigenvalue weighted by Crippen LogP contribution is -2.03. The molecule has 1 heterocycles. The lowest BCUT2D eigenvalue weighted by Gasteiger charge is -2.12. The number of nitriles is 1. The largest absolute Gasteiger partial charge is 0.490 e. The van der Waals surface area contributed by atoms with Crippen molar-refractivity contribution in [3.8, 4) is 17.6 Å². The first-order valence-electron chi connectivity index (χ1n) is 9.11. The molecule has 29 heavy (non-hydrogen) atoms. The highest BCUT2D eigenvalue weighted by molar-refractivity contribution is 5.91. The van der Waals surface area contributed by atoms with E-state index in [2.05, 4.69) is 11.1 Å². The van der Waals surface area contributed by atoms with E-state index >= 15 is 0 Å². The highest BCUT2D eigenvalue weighted by Crippen LogP contribution is 2.39. The monoisotopic (exact) mass is 392 g/mol. The summed E-state index contributed by atoms with van der Waals surface area (Å²) in [5.74, 6) is 0.818. The van der Waals surface area contributed by atoms with Crippen LogP contribution < -0.4 is 9.47 Å². The number of fused-ring (bicyclic) bond motifs is 1. The smallest absolute Gasteiger partial charge is 0.315 e. The van der Waals surface area contributed by atoms with E-state index in [1.165, 1.54) is 6.07 Å². The van der Waals surface area contributed by atoms with Gasteiger partial charge in [-0.1, -0.05) is 12.1 Å². The lowest BCUT2D eigenvalue weighted by molar-refractivity contribution is -0.386. The average Bonchev–Trinajstić information content (AvgIpc) is 3.04. The van der Waals surface area contributed by atoms with Crippen LogP contribution in [0.15, 0.2) is 36.4 Å². The van der Waals surface area contributed by atoms with Crippen molar-refractivity contribution in [2.75, 3.05) is 13.2 Å². The van der Waals surface area contributed by atoms with E-state index in [0.717, 1.165) is 11.0 Å². The molecule has 0 aliphatic carbocycles. The van der Waals surface area contributed by atoms with Gasteiger partial charge in [-0.2, -0.15) is 5.26 Å². The van der Waals surface area contributed by atoms with E-state index in [1.54, 1.807) is 26.0 Å². The first-order chi connectivity index (χ1) is 14.0. The van der Waals surface area contributed by atoms with Crippen LogP contribution in [0.5, 0.6) is 11.5 Å². The minimum Gasteiger partial charge on any atom is -0.490 e. The van der Waals surface area contributed by atoms with E-state index in [0.29, 0.717) is 18.0 Å². The second-order valence-electron chi connectivity index (χ2n) is 6.14. The SMILES string of the molecule is CCOc1cc(/C=C(/C#N)c2nc3ccccc3n2C)cc([N+](=O)[O-])c1OCC. The van der Waals surface area contributed by atoms with Gasteiger partial charge in [-0.3, -0.25) is 10.1 Å². The summed E-state index contributed by atoms with van der Waals surface area (Å²) >= 11 is 0. The second kappa shape index (κ2) is 8.44. The number of nitro groups is 1. The number of aryl methyl sites for hydroxylation is 1. The summed E-state index contributed by atoms with van der Waals surface area (Å²) in [6.07, 6.45) is 1.56. The molecule has 3 rings (SSSR count). The van der Waals surface area contributed by atoms with Crippen molar-refractivity contribution in [1.82, 2.24) is 9.55 Å². The average molecular weight is 392 g/mol. The number of imidazole rings is 1. The summed E-state index contributed by atoms with van der Waals surface area (Å²) in [5, 5.41) is 21.3. The Balaban J connectivity index is 2.17. The highest BCUT2D eigenvalue weighted by atomic mass is 16.6. The highest BCUT2D eigenvalue weighted by Gasteiger charge is 2.22. The number of hydrogen-bond donors (Lipinski definition) is 0. The Morgan fingerprint density at radius 2 is 2.00 bits per heavy atom. The van der Waals surface area contributed by atoms with E-state index in [-0.39, 0.29) is 29.4 Å². The molecule has 1 aromatic heterocycles. The summed E-state index contributed by atoms with van der Waals surface area (Å²) < 4.78 is 12.8. The second-order valence-corrected chi connectivity index (χ2v) is 6.14. The van der Waals surface area contributed by atoms with Crippen molar-refractivity contribution >= 4 is 28.4 Å². The van der Waals surface area contributed by atoms with Crippen LogP contribution in [0.2, 0.25) is 0 Å². The molecule has 2 aromatic carbocycles. The Morgan fingerprint density at radius 1 is 1.28 bits per heavy atom. The molecular formula is C21H20N4O4. The zero-order valence-corrected chi connectivity index (χ0v) is 16.4.